The second kappa shape index (κ2) is 4.82. The number of carbonyl (C=O) groups is 1. The number of nitrogens with zero attached hydrogens (tertiary/aromatic N) is 1. The molecule has 0 saturated carbocycles. The van der Waals surface area contributed by atoms with Crippen LogP contribution in [-0.2, 0) is 0 Å². The molecule has 5 nitrogen and oxygen atoms in total. The lowest BCUT2D eigenvalue weighted by molar-refractivity contribution is 0.0934. The second-order valence-corrected chi connectivity index (χ2v) is 3.77. The molecule has 0 aliphatic carbocycles. The van der Waals surface area contributed by atoms with E-state index in [0.717, 1.165) is 18.5 Å². The normalized spacial score (nSPS) is 12.5. The third-order valence-corrected chi connectivity index (χ3v) is 2.31. The number of aromatic amines is 1. The lowest BCUT2D eigenvalue weighted by Crippen LogP contribution is -2.33. The number of nitrogens with two attached hydrogens (primary N) is 1. The van der Waals surface area contributed by atoms with Crippen molar-refractivity contribution in [3.05, 3.63) is 11.4 Å². The van der Waals surface area contributed by atoms with E-state index in [-0.39, 0.29) is 17.6 Å². The zero-order chi connectivity index (χ0) is 11.4. The Labute approximate surface area is 89.4 Å². The largest absolute Gasteiger partial charge is 0.395 e. The number of anilines is 1. The van der Waals surface area contributed by atoms with Crippen LogP contribution in [0.4, 0.5) is 5.69 Å². The SMILES string of the molecule is CCCC(C)NC(=O)c1n[nH]c(C)c1N. The molecular weight excluding hydrogens is 192 g/mol. The molecule has 15 heavy (non-hydrogen) atoms. The van der Waals surface area contributed by atoms with Crippen LogP contribution in [-0.4, -0.2) is 22.1 Å². The highest BCUT2D eigenvalue weighted by Crippen LogP contribution is 2.12. The van der Waals surface area contributed by atoms with Crippen molar-refractivity contribution in [2.75, 3.05) is 5.73 Å². The first-order valence-electron chi connectivity index (χ1n) is 5.17. The number of carbonyl (C=O) groups excluding carboxylic acids is 1. The molecule has 1 unspecified atom stereocenters. The van der Waals surface area contributed by atoms with E-state index in [0.29, 0.717) is 5.69 Å². The fourth-order valence-corrected chi connectivity index (χ4v) is 1.41. The van der Waals surface area contributed by atoms with Gasteiger partial charge in [-0.05, 0) is 20.3 Å². The van der Waals surface area contributed by atoms with Crippen LogP contribution in [0.5, 0.6) is 0 Å². The predicted molar refractivity (Wildman–Crippen MR) is 59.6 cm³/mol. The zero-order valence-corrected chi connectivity index (χ0v) is 9.42. The van der Waals surface area contributed by atoms with E-state index >= 15 is 0 Å². The molecule has 4 N–H and O–H groups in total. The Hall–Kier alpha value is -1.52. The number of nitrogens with one attached hydrogen (secondary N) is 2. The van der Waals surface area contributed by atoms with E-state index in [4.69, 9.17) is 5.73 Å². The summed E-state index contributed by atoms with van der Waals surface area (Å²) in [7, 11) is 0. The number of aryl methyl sites for hydroxylation is 1. The van der Waals surface area contributed by atoms with Crippen molar-refractivity contribution in [3.63, 3.8) is 0 Å². The Morgan fingerprint density at radius 1 is 1.67 bits per heavy atom. The van der Waals surface area contributed by atoms with Gasteiger partial charge in [-0.2, -0.15) is 5.10 Å². The first-order chi connectivity index (χ1) is 7.06. The number of hydrogen-bond donors (Lipinski definition) is 3. The second-order valence-electron chi connectivity index (χ2n) is 3.77. The first-order valence-corrected chi connectivity index (χ1v) is 5.17. The third kappa shape index (κ3) is 2.71. The quantitative estimate of drug-likeness (QED) is 0.698. The van der Waals surface area contributed by atoms with Crippen molar-refractivity contribution < 1.29 is 4.79 Å². The summed E-state index contributed by atoms with van der Waals surface area (Å²) in [4.78, 5) is 11.7. The zero-order valence-electron chi connectivity index (χ0n) is 9.42. The van der Waals surface area contributed by atoms with E-state index < -0.39 is 0 Å². The maximum absolute atomic E-state index is 11.7. The first kappa shape index (κ1) is 11.6. The van der Waals surface area contributed by atoms with Gasteiger partial charge in [-0.1, -0.05) is 13.3 Å². The summed E-state index contributed by atoms with van der Waals surface area (Å²) in [5, 5.41) is 9.40. The van der Waals surface area contributed by atoms with Gasteiger partial charge in [0.2, 0.25) is 0 Å². The lowest BCUT2D eigenvalue weighted by atomic mass is 10.2. The van der Waals surface area contributed by atoms with Crippen LogP contribution in [0.1, 0.15) is 42.9 Å². The van der Waals surface area contributed by atoms with Gasteiger partial charge in [-0.25, -0.2) is 0 Å². The molecule has 0 aromatic carbocycles. The Kier molecular flexibility index (Phi) is 3.71. The number of nitrogen functional groups attached to an aromatic ring is 1. The van der Waals surface area contributed by atoms with E-state index in [1.165, 1.54) is 0 Å². The fraction of sp³-hybridized carbons (Fsp3) is 0.600. The average molecular weight is 210 g/mol. The number of aromatic nitrogens is 2. The molecule has 0 fully saturated rings. The lowest BCUT2D eigenvalue weighted by Gasteiger charge is -2.11. The highest BCUT2D eigenvalue weighted by molar-refractivity contribution is 5.97. The van der Waals surface area contributed by atoms with Crippen molar-refractivity contribution >= 4 is 11.6 Å². The van der Waals surface area contributed by atoms with Crippen molar-refractivity contribution in [1.82, 2.24) is 15.5 Å². The van der Waals surface area contributed by atoms with Crippen LogP contribution in [0.25, 0.3) is 0 Å². The van der Waals surface area contributed by atoms with Crippen LogP contribution in [0.2, 0.25) is 0 Å². The van der Waals surface area contributed by atoms with Gasteiger partial charge >= 0.3 is 0 Å². The molecule has 1 aromatic rings. The summed E-state index contributed by atoms with van der Waals surface area (Å²) in [6, 6.07) is 0.152. The van der Waals surface area contributed by atoms with E-state index in [1.807, 2.05) is 6.92 Å². The maximum atomic E-state index is 11.7. The van der Waals surface area contributed by atoms with Gasteiger partial charge < -0.3 is 11.1 Å². The molecule has 0 saturated heterocycles. The highest BCUT2D eigenvalue weighted by Gasteiger charge is 2.16. The molecule has 0 aliphatic rings. The molecule has 84 valence electrons. The van der Waals surface area contributed by atoms with E-state index in [1.54, 1.807) is 6.92 Å². The molecule has 0 radical (unpaired) electrons. The molecule has 0 spiro atoms. The van der Waals surface area contributed by atoms with Crippen molar-refractivity contribution in [1.29, 1.82) is 0 Å². The summed E-state index contributed by atoms with van der Waals surface area (Å²) < 4.78 is 0. The smallest absolute Gasteiger partial charge is 0.274 e. The molecule has 5 heteroatoms. The van der Waals surface area contributed by atoms with Gasteiger partial charge in [0.25, 0.3) is 5.91 Å². The van der Waals surface area contributed by atoms with Gasteiger partial charge in [-0.3, -0.25) is 9.89 Å². The highest BCUT2D eigenvalue weighted by atomic mass is 16.2. The van der Waals surface area contributed by atoms with Crippen molar-refractivity contribution in [3.8, 4) is 0 Å². The topological polar surface area (TPSA) is 83.8 Å². The Morgan fingerprint density at radius 2 is 2.33 bits per heavy atom. The van der Waals surface area contributed by atoms with E-state index in [9.17, 15) is 4.79 Å². The Bertz CT molecular complexity index is 345. The van der Waals surface area contributed by atoms with Crippen LogP contribution in [0.3, 0.4) is 0 Å². The maximum Gasteiger partial charge on any atom is 0.274 e. The number of rotatable bonds is 4. The third-order valence-electron chi connectivity index (χ3n) is 2.31. The molecule has 1 heterocycles. The van der Waals surface area contributed by atoms with Gasteiger partial charge in [0.15, 0.2) is 5.69 Å². The molecule has 1 atom stereocenters. The molecule has 1 amide bonds. The predicted octanol–water partition coefficient (Wildman–Crippen LogP) is 1.22. The summed E-state index contributed by atoms with van der Waals surface area (Å²) >= 11 is 0. The molecular formula is C10H18N4O. The van der Waals surface area contributed by atoms with Gasteiger partial charge in [-0.15, -0.1) is 0 Å². The minimum Gasteiger partial charge on any atom is -0.395 e. The standard InChI is InChI=1S/C10H18N4O/c1-4-5-6(2)12-10(15)9-8(11)7(3)13-14-9/h6H,4-5,11H2,1-3H3,(H,12,15)(H,13,14). The summed E-state index contributed by atoms with van der Waals surface area (Å²) in [6.07, 6.45) is 1.99. The summed E-state index contributed by atoms with van der Waals surface area (Å²) in [5.41, 5.74) is 7.14. The van der Waals surface area contributed by atoms with Gasteiger partial charge in [0.05, 0.1) is 11.4 Å². The molecule has 0 aliphatic heterocycles. The molecule has 1 rings (SSSR count). The fourth-order valence-electron chi connectivity index (χ4n) is 1.41. The van der Waals surface area contributed by atoms with Crippen LogP contribution < -0.4 is 11.1 Å². The van der Waals surface area contributed by atoms with Crippen LogP contribution in [0.15, 0.2) is 0 Å². The monoisotopic (exact) mass is 210 g/mol. The van der Waals surface area contributed by atoms with Crippen molar-refractivity contribution in [2.24, 2.45) is 0 Å². The summed E-state index contributed by atoms with van der Waals surface area (Å²) in [5.74, 6) is -0.210. The van der Waals surface area contributed by atoms with Crippen LogP contribution in [0, 0.1) is 6.92 Å². The Balaban J connectivity index is 2.65. The minimum atomic E-state index is -0.210. The van der Waals surface area contributed by atoms with E-state index in [2.05, 4.69) is 22.4 Å². The Morgan fingerprint density at radius 3 is 2.80 bits per heavy atom. The number of H-pyrrole nitrogens is 1. The van der Waals surface area contributed by atoms with Crippen LogP contribution >= 0.6 is 0 Å². The number of amides is 1. The number of hydrogen-bond acceptors (Lipinski definition) is 3. The van der Waals surface area contributed by atoms with Crippen molar-refractivity contribution in [2.45, 2.75) is 39.7 Å². The van der Waals surface area contributed by atoms with Gasteiger partial charge in [0, 0.05) is 6.04 Å². The molecule has 1 aromatic heterocycles. The summed E-state index contributed by atoms with van der Waals surface area (Å²) in [6.45, 7) is 5.83. The minimum absolute atomic E-state index is 0.152. The molecule has 0 bridgehead atoms. The average Bonchev–Trinajstić information content (AvgIpc) is 2.48. The van der Waals surface area contributed by atoms with Gasteiger partial charge in [0.1, 0.15) is 0 Å².